The Kier molecular flexibility index (Phi) is 6.98. The van der Waals surface area contributed by atoms with Crippen molar-refractivity contribution in [1.29, 1.82) is 0 Å². The maximum atomic E-state index is 13.0. The average Bonchev–Trinajstić information content (AvgIpc) is 2.67. The molecule has 146 valence electrons. The van der Waals surface area contributed by atoms with Crippen molar-refractivity contribution in [2.45, 2.75) is 53.5 Å². The lowest BCUT2D eigenvalue weighted by Gasteiger charge is -2.18. The van der Waals surface area contributed by atoms with Crippen LogP contribution in [-0.4, -0.2) is 16.1 Å². The van der Waals surface area contributed by atoms with Crippen molar-refractivity contribution in [2.24, 2.45) is 0 Å². The molecule has 0 N–H and O–H groups in total. The van der Waals surface area contributed by atoms with E-state index in [0.717, 1.165) is 12.8 Å². The van der Waals surface area contributed by atoms with Gasteiger partial charge in [0, 0.05) is 30.5 Å². The van der Waals surface area contributed by atoms with Gasteiger partial charge in [-0.05, 0) is 32.4 Å². The number of rotatable bonds is 9. The van der Waals surface area contributed by atoms with Crippen LogP contribution in [-0.2, 0) is 6.54 Å². The Morgan fingerprint density at radius 2 is 2.00 bits per heavy atom. The first-order chi connectivity index (χ1) is 13.0. The van der Waals surface area contributed by atoms with Crippen molar-refractivity contribution in [3.8, 4) is 11.5 Å². The Hall–Kier alpha value is -2.83. The SMILES string of the molecule is CC=C(CC)Oc1c(OCCCC)c(=O)n(CC)c2cc([N+](=O)[O-])ccc12. The van der Waals surface area contributed by atoms with E-state index < -0.39 is 4.92 Å². The summed E-state index contributed by atoms with van der Waals surface area (Å²) in [6.45, 7) is 8.44. The van der Waals surface area contributed by atoms with Crippen LogP contribution in [0.1, 0.15) is 47.0 Å². The molecular formula is C20H26N2O5. The highest BCUT2D eigenvalue weighted by molar-refractivity contribution is 5.89. The van der Waals surface area contributed by atoms with Crippen molar-refractivity contribution >= 4 is 16.6 Å². The third kappa shape index (κ3) is 4.30. The Labute approximate surface area is 158 Å². The van der Waals surface area contributed by atoms with Crippen LogP contribution in [0.3, 0.4) is 0 Å². The number of hydrogen-bond donors (Lipinski definition) is 0. The number of nitrogens with zero attached hydrogens (tertiary/aromatic N) is 2. The first-order valence-corrected chi connectivity index (χ1v) is 9.29. The first-order valence-electron chi connectivity index (χ1n) is 9.29. The number of non-ortho nitro benzene ring substituents is 1. The van der Waals surface area contributed by atoms with Crippen LogP contribution < -0.4 is 15.0 Å². The third-order valence-corrected chi connectivity index (χ3v) is 4.34. The number of ether oxygens (including phenoxy) is 2. The molecule has 7 nitrogen and oxygen atoms in total. The highest BCUT2D eigenvalue weighted by Crippen LogP contribution is 2.36. The molecule has 2 rings (SSSR count). The van der Waals surface area contributed by atoms with Crippen LogP contribution in [0.25, 0.3) is 10.9 Å². The fraction of sp³-hybridized carbons (Fsp3) is 0.450. The minimum absolute atomic E-state index is 0.0727. The van der Waals surface area contributed by atoms with Gasteiger partial charge in [-0.3, -0.25) is 14.9 Å². The van der Waals surface area contributed by atoms with E-state index in [4.69, 9.17) is 9.47 Å². The Bertz CT molecular complexity index is 915. The number of aryl methyl sites for hydroxylation is 1. The number of aromatic nitrogens is 1. The average molecular weight is 374 g/mol. The predicted octanol–water partition coefficient (Wildman–Crippen LogP) is 4.80. The molecule has 0 spiro atoms. The number of unbranched alkanes of at least 4 members (excludes halogenated alkanes) is 1. The zero-order valence-corrected chi connectivity index (χ0v) is 16.3. The summed E-state index contributed by atoms with van der Waals surface area (Å²) < 4.78 is 13.3. The highest BCUT2D eigenvalue weighted by Gasteiger charge is 2.22. The lowest BCUT2D eigenvalue weighted by Crippen LogP contribution is -2.23. The summed E-state index contributed by atoms with van der Waals surface area (Å²) in [4.78, 5) is 23.7. The van der Waals surface area contributed by atoms with E-state index in [1.165, 1.54) is 16.7 Å². The Balaban J connectivity index is 2.79. The molecule has 1 heterocycles. The lowest BCUT2D eigenvalue weighted by atomic mass is 10.1. The smallest absolute Gasteiger partial charge is 0.297 e. The van der Waals surface area contributed by atoms with Crippen LogP contribution in [0.15, 0.2) is 34.8 Å². The second kappa shape index (κ2) is 9.21. The van der Waals surface area contributed by atoms with Gasteiger partial charge in [-0.1, -0.05) is 20.3 Å². The summed E-state index contributed by atoms with van der Waals surface area (Å²) >= 11 is 0. The number of pyridine rings is 1. The topological polar surface area (TPSA) is 83.6 Å². The van der Waals surface area contributed by atoms with Gasteiger partial charge < -0.3 is 14.0 Å². The first kappa shape index (κ1) is 20.5. The number of benzene rings is 1. The van der Waals surface area contributed by atoms with Crippen LogP contribution in [0.2, 0.25) is 0 Å². The summed E-state index contributed by atoms with van der Waals surface area (Å²) in [5.41, 5.74) is 0.0423. The van der Waals surface area contributed by atoms with Crippen molar-refractivity contribution < 1.29 is 14.4 Å². The fourth-order valence-electron chi connectivity index (χ4n) is 2.83. The molecule has 0 bridgehead atoms. The van der Waals surface area contributed by atoms with E-state index in [1.807, 2.05) is 33.8 Å². The monoisotopic (exact) mass is 374 g/mol. The molecule has 0 unspecified atom stereocenters. The van der Waals surface area contributed by atoms with Gasteiger partial charge in [0.15, 0.2) is 5.75 Å². The van der Waals surface area contributed by atoms with E-state index >= 15 is 0 Å². The molecule has 7 heteroatoms. The van der Waals surface area contributed by atoms with Gasteiger partial charge in [0.1, 0.15) is 0 Å². The fourth-order valence-corrected chi connectivity index (χ4v) is 2.83. The molecule has 0 aliphatic rings. The summed E-state index contributed by atoms with van der Waals surface area (Å²) in [7, 11) is 0. The molecule has 0 radical (unpaired) electrons. The molecule has 1 aromatic heterocycles. The van der Waals surface area contributed by atoms with Gasteiger partial charge in [-0.25, -0.2) is 0 Å². The van der Waals surface area contributed by atoms with E-state index in [2.05, 4.69) is 0 Å². The van der Waals surface area contributed by atoms with Crippen molar-refractivity contribution in [3.63, 3.8) is 0 Å². The normalized spacial score (nSPS) is 11.6. The predicted molar refractivity (Wildman–Crippen MR) is 106 cm³/mol. The van der Waals surface area contributed by atoms with E-state index in [1.54, 1.807) is 6.07 Å². The largest absolute Gasteiger partial charge is 0.485 e. The molecule has 0 saturated heterocycles. The van der Waals surface area contributed by atoms with Crippen molar-refractivity contribution in [3.05, 3.63) is 50.5 Å². The van der Waals surface area contributed by atoms with Crippen molar-refractivity contribution in [1.82, 2.24) is 4.57 Å². The van der Waals surface area contributed by atoms with Crippen molar-refractivity contribution in [2.75, 3.05) is 6.61 Å². The van der Waals surface area contributed by atoms with Crippen LogP contribution in [0.5, 0.6) is 11.5 Å². The molecule has 0 amide bonds. The summed E-state index contributed by atoms with van der Waals surface area (Å²) in [5.74, 6) is 1.17. The van der Waals surface area contributed by atoms with Gasteiger partial charge in [-0.2, -0.15) is 0 Å². The number of hydrogen-bond acceptors (Lipinski definition) is 5. The maximum Gasteiger partial charge on any atom is 0.297 e. The Morgan fingerprint density at radius 3 is 2.56 bits per heavy atom. The zero-order valence-electron chi connectivity index (χ0n) is 16.3. The van der Waals surface area contributed by atoms with Crippen LogP contribution >= 0.6 is 0 Å². The molecule has 1 aromatic carbocycles. The number of nitro groups is 1. The Morgan fingerprint density at radius 1 is 1.26 bits per heavy atom. The maximum absolute atomic E-state index is 13.0. The molecular weight excluding hydrogens is 348 g/mol. The molecule has 0 saturated carbocycles. The number of allylic oxidation sites excluding steroid dienone is 2. The van der Waals surface area contributed by atoms with Crippen LogP contribution in [0, 0.1) is 10.1 Å². The minimum Gasteiger partial charge on any atom is -0.485 e. The summed E-state index contributed by atoms with van der Waals surface area (Å²) in [6.07, 6.45) is 4.23. The molecule has 0 aliphatic heterocycles. The molecule has 0 aliphatic carbocycles. The van der Waals surface area contributed by atoms with Gasteiger partial charge in [0.2, 0.25) is 5.75 Å². The van der Waals surface area contributed by atoms with Gasteiger partial charge in [-0.15, -0.1) is 0 Å². The zero-order chi connectivity index (χ0) is 20.0. The van der Waals surface area contributed by atoms with E-state index in [9.17, 15) is 14.9 Å². The van der Waals surface area contributed by atoms with Gasteiger partial charge >= 0.3 is 0 Å². The molecule has 27 heavy (non-hydrogen) atoms. The van der Waals surface area contributed by atoms with Gasteiger partial charge in [0.25, 0.3) is 11.2 Å². The lowest BCUT2D eigenvalue weighted by molar-refractivity contribution is -0.384. The second-order valence-electron chi connectivity index (χ2n) is 6.08. The minimum atomic E-state index is -0.473. The molecule has 0 fully saturated rings. The van der Waals surface area contributed by atoms with Gasteiger partial charge in [0.05, 0.1) is 22.8 Å². The highest BCUT2D eigenvalue weighted by atomic mass is 16.6. The molecule has 0 atom stereocenters. The number of nitro benzene ring substituents is 1. The standard InChI is InChI=1S/C20H26N2O5/c1-5-9-12-26-19-18(27-15(6-2)7-3)16-11-10-14(22(24)25)13-17(16)21(8-4)20(19)23/h6,10-11,13H,5,7-9,12H2,1-4H3. The second-order valence-corrected chi connectivity index (χ2v) is 6.08. The van der Waals surface area contributed by atoms with E-state index in [0.29, 0.717) is 42.0 Å². The number of fused-ring (bicyclic) bond motifs is 1. The summed E-state index contributed by atoms with van der Waals surface area (Å²) in [5, 5.41) is 11.8. The molecule has 2 aromatic rings. The van der Waals surface area contributed by atoms with Crippen LogP contribution in [0.4, 0.5) is 5.69 Å². The third-order valence-electron chi connectivity index (χ3n) is 4.34. The quantitative estimate of drug-likeness (QED) is 0.272. The summed E-state index contributed by atoms with van der Waals surface area (Å²) in [6, 6.07) is 4.44. The van der Waals surface area contributed by atoms with E-state index in [-0.39, 0.29) is 17.0 Å².